The summed E-state index contributed by atoms with van der Waals surface area (Å²) in [6, 6.07) is 0. The average Bonchev–Trinajstić information content (AvgIpc) is 2.68. The van der Waals surface area contributed by atoms with Gasteiger partial charge in [-0.2, -0.15) is 0 Å². The predicted molar refractivity (Wildman–Crippen MR) is 113 cm³/mol. The topological polar surface area (TPSA) is 17.1 Å². The number of carbonyl (C=O) groups excluding carboxylic acids is 1. The van der Waals surface area contributed by atoms with Crippen LogP contribution in [0.5, 0.6) is 0 Å². The van der Waals surface area contributed by atoms with Gasteiger partial charge in [-0.15, -0.1) is 0 Å². The standard InChI is InChI=1S/C25H46O/c1-2-11-23-14-10-15-24(20-23)13-9-7-5-3-4-6-8-12-22-16-18-25(21-26)19-17-22/h21-25H,2-20H2,1H3. The Bertz CT molecular complexity index is 340. The van der Waals surface area contributed by atoms with Crippen molar-refractivity contribution in [3.8, 4) is 0 Å². The van der Waals surface area contributed by atoms with E-state index in [4.69, 9.17) is 0 Å². The van der Waals surface area contributed by atoms with Gasteiger partial charge in [-0.25, -0.2) is 0 Å². The molecule has 0 aromatic carbocycles. The van der Waals surface area contributed by atoms with E-state index in [9.17, 15) is 4.79 Å². The molecule has 0 amide bonds. The molecule has 0 radical (unpaired) electrons. The SMILES string of the molecule is CCCC1CCCC(CCCCCCCCCC2CCC(C=O)CC2)C1. The van der Waals surface area contributed by atoms with Gasteiger partial charge in [0.05, 0.1) is 0 Å². The van der Waals surface area contributed by atoms with Gasteiger partial charge in [-0.1, -0.05) is 96.8 Å². The van der Waals surface area contributed by atoms with E-state index in [2.05, 4.69) is 6.92 Å². The fraction of sp³-hybridized carbons (Fsp3) is 0.960. The minimum absolute atomic E-state index is 0.386. The van der Waals surface area contributed by atoms with E-state index in [1.807, 2.05) is 0 Å². The molecule has 0 spiro atoms. The van der Waals surface area contributed by atoms with Crippen LogP contribution in [0.25, 0.3) is 0 Å². The fourth-order valence-corrected chi connectivity index (χ4v) is 5.70. The van der Waals surface area contributed by atoms with Crippen molar-refractivity contribution in [1.82, 2.24) is 0 Å². The van der Waals surface area contributed by atoms with Crippen molar-refractivity contribution in [2.24, 2.45) is 23.7 Å². The lowest BCUT2D eigenvalue weighted by Gasteiger charge is -2.29. The molecule has 2 rings (SSSR count). The minimum atomic E-state index is 0.386. The Kier molecular flexibility index (Phi) is 11.6. The first-order chi connectivity index (χ1) is 12.8. The highest BCUT2D eigenvalue weighted by atomic mass is 16.1. The van der Waals surface area contributed by atoms with E-state index in [-0.39, 0.29) is 0 Å². The molecule has 152 valence electrons. The molecule has 26 heavy (non-hydrogen) atoms. The summed E-state index contributed by atoms with van der Waals surface area (Å²) in [4.78, 5) is 10.8. The third kappa shape index (κ3) is 9.05. The van der Waals surface area contributed by atoms with Crippen molar-refractivity contribution in [3.63, 3.8) is 0 Å². The van der Waals surface area contributed by atoms with Crippen LogP contribution in [0.1, 0.15) is 129 Å². The number of hydrogen-bond donors (Lipinski definition) is 0. The summed E-state index contributed by atoms with van der Waals surface area (Å²) >= 11 is 0. The molecule has 0 aliphatic heterocycles. The van der Waals surface area contributed by atoms with Gasteiger partial charge in [0.15, 0.2) is 0 Å². The number of hydrogen-bond acceptors (Lipinski definition) is 1. The second-order valence-electron chi connectivity index (χ2n) is 9.66. The van der Waals surface area contributed by atoms with E-state index < -0.39 is 0 Å². The Balaban J connectivity index is 1.35. The third-order valence-electron chi connectivity index (χ3n) is 7.40. The lowest BCUT2D eigenvalue weighted by Crippen LogP contribution is -2.15. The summed E-state index contributed by atoms with van der Waals surface area (Å²) in [5.74, 6) is 3.44. The summed E-state index contributed by atoms with van der Waals surface area (Å²) in [6.45, 7) is 2.35. The van der Waals surface area contributed by atoms with Crippen molar-refractivity contribution < 1.29 is 4.79 Å². The first-order valence-electron chi connectivity index (χ1n) is 12.3. The molecule has 1 nitrogen and oxygen atoms in total. The van der Waals surface area contributed by atoms with Crippen LogP contribution in [-0.4, -0.2) is 6.29 Å². The molecule has 2 aliphatic carbocycles. The zero-order valence-electron chi connectivity index (χ0n) is 17.7. The predicted octanol–water partition coefficient (Wildman–Crippen LogP) is 8.11. The summed E-state index contributed by atoms with van der Waals surface area (Å²) in [5.41, 5.74) is 0. The highest BCUT2D eigenvalue weighted by Crippen LogP contribution is 2.35. The maximum atomic E-state index is 10.8. The van der Waals surface area contributed by atoms with E-state index in [1.54, 1.807) is 6.42 Å². The maximum Gasteiger partial charge on any atom is 0.123 e. The summed E-state index contributed by atoms with van der Waals surface area (Å²) in [6.07, 6.45) is 28.2. The smallest absolute Gasteiger partial charge is 0.123 e. The van der Waals surface area contributed by atoms with Gasteiger partial charge in [0, 0.05) is 5.92 Å². The van der Waals surface area contributed by atoms with Crippen LogP contribution in [0, 0.1) is 23.7 Å². The third-order valence-corrected chi connectivity index (χ3v) is 7.40. The van der Waals surface area contributed by atoms with E-state index in [0.717, 1.165) is 30.6 Å². The summed E-state index contributed by atoms with van der Waals surface area (Å²) in [5, 5.41) is 0. The molecule has 2 unspecified atom stereocenters. The van der Waals surface area contributed by atoms with E-state index in [1.165, 1.54) is 109 Å². The van der Waals surface area contributed by atoms with Gasteiger partial charge >= 0.3 is 0 Å². The van der Waals surface area contributed by atoms with Gasteiger partial charge in [-0.05, 0) is 49.9 Å². The second kappa shape index (κ2) is 13.8. The van der Waals surface area contributed by atoms with Crippen molar-refractivity contribution in [2.45, 2.75) is 129 Å². The molecule has 2 saturated carbocycles. The van der Waals surface area contributed by atoms with Crippen molar-refractivity contribution in [2.75, 3.05) is 0 Å². The zero-order chi connectivity index (χ0) is 18.5. The Morgan fingerprint density at radius 3 is 1.77 bits per heavy atom. The monoisotopic (exact) mass is 362 g/mol. The van der Waals surface area contributed by atoms with Crippen LogP contribution in [0.3, 0.4) is 0 Å². The quantitative estimate of drug-likeness (QED) is 0.239. The van der Waals surface area contributed by atoms with Crippen LogP contribution in [-0.2, 0) is 4.79 Å². The molecular weight excluding hydrogens is 316 g/mol. The van der Waals surface area contributed by atoms with Gasteiger partial charge in [0.25, 0.3) is 0 Å². The Hall–Kier alpha value is -0.330. The summed E-state index contributed by atoms with van der Waals surface area (Å²) < 4.78 is 0. The molecule has 0 aromatic heterocycles. The van der Waals surface area contributed by atoms with Crippen molar-refractivity contribution in [3.05, 3.63) is 0 Å². The highest BCUT2D eigenvalue weighted by molar-refractivity contribution is 5.53. The Morgan fingerprint density at radius 1 is 0.654 bits per heavy atom. The second-order valence-corrected chi connectivity index (χ2v) is 9.66. The fourth-order valence-electron chi connectivity index (χ4n) is 5.70. The van der Waals surface area contributed by atoms with E-state index in [0.29, 0.717) is 5.92 Å². The van der Waals surface area contributed by atoms with Crippen LogP contribution >= 0.6 is 0 Å². The van der Waals surface area contributed by atoms with Crippen LogP contribution in [0.4, 0.5) is 0 Å². The Labute approximate surface area is 164 Å². The molecule has 2 fully saturated rings. The first-order valence-corrected chi connectivity index (χ1v) is 12.3. The maximum absolute atomic E-state index is 10.8. The summed E-state index contributed by atoms with van der Waals surface area (Å²) in [7, 11) is 0. The number of carbonyl (C=O) groups is 1. The van der Waals surface area contributed by atoms with Crippen molar-refractivity contribution in [1.29, 1.82) is 0 Å². The normalized spacial score (nSPS) is 29.6. The van der Waals surface area contributed by atoms with Gasteiger partial charge in [0.2, 0.25) is 0 Å². The largest absolute Gasteiger partial charge is 0.303 e. The molecule has 0 saturated heterocycles. The number of aldehydes is 1. The Morgan fingerprint density at radius 2 is 1.19 bits per heavy atom. The highest BCUT2D eigenvalue weighted by Gasteiger charge is 2.21. The zero-order valence-corrected chi connectivity index (χ0v) is 17.7. The lowest BCUT2D eigenvalue weighted by molar-refractivity contribution is -0.112. The molecular formula is C25H46O. The minimum Gasteiger partial charge on any atom is -0.303 e. The average molecular weight is 363 g/mol. The molecule has 0 N–H and O–H groups in total. The molecule has 1 heteroatoms. The molecule has 2 atom stereocenters. The van der Waals surface area contributed by atoms with E-state index >= 15 is 0 Å². The number of unbranched alkanes of at least 4 members (excludes halogenated alkanes) is 6. The molecule has 0 bridgehead atoms. The number of rotatable bonds is 13. The molecule has 0 heterocycles. The molecule has 2 aliphatic rings. The van der Waals surface area contributed by atoms with Crippen molar-refractivity contribution >= 4 is 6.29 Å². The van der Waals surface area contributed by atoms with Crippen LogP contribution in [0.2, 0.25) is 0 Å². The molecule has 0 aromatic rings. The van der Waals surface area contributed by atoms with Crippen LogP contribution < -0.4 is 0 Å². The van der Waals surface area contributed by atoms with Gasteiger partial charge < -0.3 is 4.79 Å². The lowest BCUT2D eigenvalue weighted by atomic mass is 9.77. The van der Waals surface area contributed by atoms with Gasteiger partial charge in [-0.3, -0.25) is 0 Å². The van der Waals surface area contributed by atoms with Crippen LogP contribution in [0.15, 0.2) is 0 Å². The first kappa shape index (κ1) is 22.0. The van der Waals surface area contributed by atoms with Gasteiger partial charge in [0.1, 0.15) is 6.29 Å².